The number of benzene rings is 3. The molecule has 5 aliphatic carbocycles. The second kappa shape index (κ2) is 13.6. The highest BCUT2D eigenvalue weighted by Gasteiger charge is 2.71. The van der Waals surface area contributed by atoms with Crippen molar-refractivity contribution in [1.29, 1.82) is 0 Å². The fourth-order valence-electron chi connectivity index (χ4n) is 14.4. The first-order valence-electron chi connectivity index (χ1n) is 21.2. The average Bonchev–Trinajstić information content (AvgIpc) is 3.57. The molecule has 298 valence electrons. The van der Waals surface area contributed by atoms with Gasteiger partial charge in [-0.2, -0.15) is 0 Å². The first-order chi connectivity index (χ1) is 26.4. The van der Waals surface area contributed by atoms with Gasteiger partial charge in [0.05, 0.1) is 17.1 Å². The minimum atomic E-state index is -0.976. The lowest BCUT2D eigenvalue weighted by molar-refractivity contribution is -0.246. The Hall–Kier alpha value is -3.97. The summed E-state index contributed by atoms with van der Waals surface area (Å²) in [7, 11) is 0. The largest absolute Gasteiger partial charge is 0.478 e. The third kappa shape index (κ3) is 5.80. The number of amides is 2. The predicted octanol–water partition coefficient (Wildman–Crippen LogP) is 10.4. The number of carboxylic acids is 1. The highest BCUT2D eigenvalue weighted by Crippen LogP contribution is 2.77. The number of nitrogens with one attached hydrogen (secondary N) is 2. The smallest absolute Gasteiger partial charge is 0.335 e. The van der Waals surface area contributed by atoms with Crippen molar-refractivity contribution in [1.82, 2.24) is 5.32 Å². The van der Waals surface area contributed by atoms with E-state index in [1.807, 2.05) is 30.3 Å². The summed E-state index contributed by atoms with van der Waals surface area (Å²) in [5.74, 6) is 1.14. The number of hydrogen-bond acceptors (Lipinski definition) is 4. The molecule has 3 aromatic rings. The number of carboxylic acid groups (broad SMARTS) is 1. The first-order valence-corrected chi connectivity index (χ1v) is 21.2. The molecule has 5 saturated carbocycles. The summed E-state index contributed by atoms with van der Waals surface area (Å²) in [6, 6.07) is 17.8. The van der Waals surface area contributed by atoms with Crippen molar-refractivity contribution in [2.75, 3.05) is 5.32 Å². The van der Waals surface area contributed by atoms with E-state index < -0.39 is 11.4 Å². The van der Waals surface area contributed by atoms with Gasteiger partial charge in [-0.1, -0.05) is 71.0 Å². The van der Waals surface area contributed by atoms with E-state index >= 15 is 0 Å². The van der Waals surface area contributed by atoms with E-state index in [-0.39, 0.29) is 51.1 Å². The van der Waals surface area contributed by atoms with Crippen LogP contribution in [0.3, 0.4) is 0 Å². The summed E-state index contributed by atoms with van der Waals surface area (Å²) in [4.78, 5) is 39.6. The second-order valence-corrected chi connectivity index (χ2v) is 20.1. The topological polar surface area (TPSA) is 116 Å². The third-order valence-corrected chi connectivity index (χ3v) is 17.5. The molecule has 4 unspecified atom stereocenters. The van der Waals surface area contributed by atoms with Gasteiger partial charge in [0.2, 0.25) is 5.91 Å². The molecule has 0 bridgehead atoms. The summed E-state index contributed by atoms with van der Waals surface area (Å²) in [6.45, 7) is 19.5. The molecule has 0 aromatic heterocycles. The van der Waals surface area contributed by atoms with Gasteiger partial charge in [0.15, 0.2) is 0 Å². The number of aromatic carboxylic acids is 1. The third-order valence-electron chi connectivity index (χ3n) is 17.5. The lowest BCUT2D eigenvalue weighted by Crippen LogP contribution is -2.67. The molecule has 5 aliphatic rings. The van der Waals surface area contributed by atoms with E-state index in [1.165, 1.54) is 24.8 Å². The molecule has 3 aromatic carbocycles. The van der Waals surface area contributed by atoms with Gasteiger partial charge in [-0.25, -0.2) is 4.79 Å². The van der Waals surface area contributed by atoms with Gasteiger partial charge >= 0.3 is 5.97 Å². The number of rotatable bonds is 7. The lowest BCUT2D eigenvalue weighted by atomic mass is 9.32. The standard InChI is InChI=1S/C49H62N2O5/c1-29(2)36-17-22-49(24-23-47(6)37(41(36)49)15-16-39-46(5)20-19-40(52)45(3,4)38(46)18-21-48(39,47)7)44(56)50-28-30-9-8-10-33(25-30)42(53)51-35-14-13-31-26-34(43(54)55)12-11-32(31)27-35/h8-14,25-27,36-41,52H,1,15-24,28H2,2-7H3,(H,50,56)(H,51,53)(H,54,55)/t36-,37?,38?,39?,40-,41?,46-,47+,48+,49-/m0/s1. The van der Waals surface area contributed by atoms with Crippen LogP contribution in [0.5, 0.6) is 0 Å². The van der Waals surface area contributed by atoms with Crippen LogP contribution < -0.4 is 10.6 Å². The van der Waals surface area contributed by atoms with Crippen molar-refractivity contribution in [3.05, 3.63) is 89.5 Å². The molecule has 4 N–H and O–H groups in total. The molecule has 0 spiro atoms. The number of anilines is 1. The maximum Gasteiger partial charge on any atom is 0.335 e. The summed E-state index contributed by atoms with van der Waals surface area (Å²) in [6.07, 6.45) is 10.4. The number of allylic oxidation sites excluding steroid dienone is 1. The van der Waals surface area contributed by atoms with Crippen LogP contribution in [0.25, 0.3) is 10.8 Å². The fourth-order valence-corrected chi connectivity index (χ4v) is 14.4. The van der Waals surface area contributed by atoms with Crippen LogP contribution in [0.4, 0.5) is 5.69 Å². The normalized spacial score (nSPS) is 37.0. The Morgan fingerprint density at radius 3 is 2.27 bits per heavy atom. The Bertz CT molecular complexity index is 2110. The van der Waals surface area contributed by atoms with E-state index in [1.54, 1.807) is 30.3 Å². The molecule has 8 rings (SSSR count). The predicted molar refractivity (Wildman–Crippen MR) is 222 cm³/mol. The second-order valence-electron chi connectivity index (χ2n) is 20.1. The van der Waals surface area contributed by atoms with Crippen LogP contribution in [0, 0.1) is 56.7 Å². The van der Waals surface area contributed by atoms with E-state index in [9.17, 15) is 24.6 Å². The quantitative estimate of drug-likeness (QED) is 0.179. The average molecular weight is 759 g/mol. The zero-order valence-electron chi connectivity index (χ0n) is 34.3. The molecular weight excluding hydrogens is 697 g/mol. The zero-order valence-corrected chi connectivity index (χ0v) is 34.3. The van der Waals surface area contributed by atoms with Crippen LogP contribution in [-0.2, 0) is 11.3 Å². The minimum Gasteiger partial charge on any atom is -0.478 e. The Labute approximate surface area is 333 Å². The molecule has 0 saturated heterocycles. The molecule has 0 radical (unpaired) electrons. The van der Waals surface area contributed by atoms with Crippen LogP contribution in [-0.4, -0.2) is 34.1 Å². The Balaban J connectivity index is 0.996. The molecule has 7 nitrogen and oxygen atoms in total. The van der Waals surface area contributed by atoms with Gasteiger partial charge in [0.25, 0.3) is 5.91 Å². The van der Waals surface area contributed by atoms with Crippen molar-refractivity contribution >= 4 is 34.2 Å². The number of hydrogen-bond donors (Lipinski definition) is 4. The van der Waals surface area contributed by atoms with Gasteiger partial charge in [-0.15, -0.1) is 0 Å². The number of aliphatic hydroxyl groups is 1. The SMILES string of the molecule is C=C(C)[C@@H]1CC[C@]2(C(=O)NCc3cccc(C(=O)Nc4ccc5cc(C(=O)O)ccc5c4)c3)CC[C@]3(C)C(CCC4[C@@]5(C)CC[C@H](O)C(C)(C)C5CC[C@]43C)C12. The van der Waals surface area contributed by atoms with Crippen molar-refractivity contribution in [2.24, 2.45) is 56.7 Å². The minimum absolute atomic E-state index is 0.0695. The van der Waals surface area contributed by atoms with Gasteiger partial charge in [0, 0.05) is 17.8 Å². The molecular formula is C49H62N2O5. The van der Waals surface area contributed by atoms with Crippen LogP contribution >= 0.6 is 0 Å². The van der Waals surface area contributed by atoms with Gasteiger partial charge in [-0.3, -0.25) is 9.59 Å². The van der Waals surface area contributed by atoms with Gasteiger partial charge in [0.1, 0.15) is 0 Å². The first kappa shape index (κ1) is 38.9. The molecule has 2 amide bonds. The molecule has 5 fully saturated rings. The van der Waals surface area contributed by atoms with E-state index in [2.05, 4.69) is 58.8 Å². The maximum atomic E-state index is 14.8. The van der Waals surface area contributed by atoms with Crippen molar-refractivity contribution in [3.63, 3.8) is 0 Å². The van der Waals surface area contributed by atoms with E-state index in [0.717, 1.165) is 61.3 Å². The number of carbonyl (C=O) groups excluding carboxylic acids is 2. The van der Waals surface area contributed by atoms with Crippen LogP contribution in [0.2, 0.25) is 0 Å². The summed E-state index contributed by atoms with van der Waals surface area (Å²) < 4.78 is 0. The fraction of sp³-hybridized carbons (Fsp3) is 0.571. The summed E-state index contributed by atoms with van der Waals surface area (Å²) in [5.41, 5.74) is 3.49. The monoisotopic (exact) mass is 758 g/mol. The van der Waals surface area contributed by atoms with Crippen LogP contribution in [0.1, 0.15) is 132 Å². The molecule has 7 heteroatoms. The summed E-state index contributed by atoms with van der Waals surface area (Å²) in [5, 5.41) is 28.5. The molecule has 10 atom stereocenters. The van der Waals surface area contributed by atoms with Crippen molar-refractivity contribution in [2.45, 2.75) is 118 Å². The molecule has 0 aliphatic heterocycles. The highest BCUT2D eigenvalue weighted by molar-refractivity contribution is 6.05. The Morgan fingerprint density at radius 1 is 0.768 bits per heavy atom. The van der Waals surface area contributed by atoms with Crippen molar-refractivity contribution < 1.29 is 24.6 Å². The van der Waals surface area contributed by atoms with Crippen molar-refractivity contribution in [3.8, 4) is 0 Å². The Morgan fingerprint density at radius 2 is 1.52 bits per heavy atom. The maximum absolute atomic E-state index is 14.8. The lowest BCUT2D eigenvalue weighted by Gasteiger charge is -2.72. The summed E-state index contributed by atoms with van der Waals surface area (Å²) >= 11 is 0. The highest BCUT2D eigenvalue weighted by atomic mass is 16.4. The Kier molecular flexibility index (Phi) is 9.42. The molecule has 0 heterocycles. The number of fused-ring (bicyclic) bond motifs is 8. The number of aliphatic hydroxyl groups excluding tert-OH is 1. The van der Waals surface area contributed by atoms with Crippen LogP contribution in [0.15, 0.2) is 72.8 Å². The van der Waals surface area contributed by atoms with E-state index in [4.69, 9.17) is 0 Å². The zero-order chi connectivity index (χ0) is 40.0. The molecule has 56 heavy (non-hydrogen) atoms. The van der Waals surface area contributed by atoms with Gasteiger partial charge in [-0.05, 0) is 175 Å². The van der Waals surface area contributed by atoms with Gasteiger partial charge < -0.3 is 20.8 Å². The van der Waals surface area contributed by atoms with E-state index in [0.29, 0.717) is 41.5 Å². The number of carbonyl (C=O) groups is 3.